The SMILES string of the molecule is COc1cc(OCc2cccnc2)ccc1C=CC(=O)CC(=O)C=Cc1cccc2[nH]ccc12. The molecule has 0 aliphatic rings. The Kier molecular flexibility index (Phi) is 7.30. The van der Waals surface area contributed by atoms with Crippen LogP contribution in [0.1, 0.15) is 23.1 Å². The van der Waals surface area contributed by atoms with Crippen molar-refractivity contribution in [2.45, 2.75) is 13.0 Å². The number of hydrogen-bond acceptors (Lipinski definition) is 5. The van der Waals surface area contributed by atoms with E-state index in [-0.39, 0.29) is 18.0 Å². The molecule has 34 heavy (non-hydrogen) atoms. The summed E-state index contributed by atoms with van der Waals surface area (Å²) in [4.78, 5) is 31.8. The lowest BCUT2D eigenvalue weighted by molar-refractivity contribution is -0.121. The number of fused-ring (bicyclic) bond motifs is 1. The molecule has 170 valence electrons. The van der Waals surface area contributed by atoms with E-state index >= 15 is 0 Å². The minimum Gasteiger partial charge on any atom is -0.496 e. The number of carbonyl (C=O) groups is 2. The fourth-order valence-electron chi connectivity index (χ4n) is 3.48. The van der Waals surface area contributed by atoms with E-state index in [1.165, 1.54) is 12.2 Å². The fraction of sp³-hybridized carbons (Fsp3) is 0.107. The first kappa shape index (κ1) is 22.7. The van der Waals surface area contributed by atoms with Gasteiger partial charge in [0, 0.05) is 46.7 Å². The van der Waals surface area contributed by atoms with Crippen LogP contribution in [-0.2, 0) is 16.2 Å². The molecule has 0 spiro atoms. The molecule has 0 aliphatic heterocycles. The molecule has 2 heterocycles. The predicted octanol–water partition coefficient (Wildman–Crippen LogP) is 5.41. The van der Waals surface area contributed by atoms with Gasteiger partial charge < -0.3 is 14.5 Å². The van der Waals surface area contributed by atoms with E-state index in [2.05, 4.69) is 9.97 Å². The molecule has 0 aliphatic carbocycles. The number of benzene rings is 2. The minimum absolute atomic E-state index is 0.204. The Labute approximate surface area is 197 Å². The van der Waals surface area contributed by atoms with Gasteiger partial charge in [-0.3, -0.25) is 14.6 Å². The Morgan fingerprint density at radius 2 is 1.79 bits per heavy atom. The molecule has 6 nitrogen and oxygen atoms in total. The van der Waals surface area contributed by atoms with Gasteiger partial charge in [-0.15, -0.1) is 0 Å². The molecule has 6 heteroatoms. The Balaban J connectivity index is 1.35. The van der Waals surface area contributed by atoms with E-state index in [0.29, 0.717) is 23.7 Å². The number of aromatic nitrogens is 2. The number of carbonyl (C=O) groups excluding carboxylic acids is 2. The van der Waals surface area contributed by atoms with Crippen molar-refractivity contribution < 1.29 is 19.1 Å². The molecule has 0 atom stereocenters. The van der Waals surface area contributed by atoms with E-state index in [4.69, 9.17) is 9.47 Å². The summed E-state index contributed by atoms with van der Waals surface area (Å²) in [5.41, 5.74) is 3.59. The molecule has 4 aromatic rings. The molecule has 0 bridgehead atoms. The van der Waals surface area contributed by atoms with Crippen molar-refractivity contribution in [1.29, 1.82) is 0 Å². The summed E-state index contributed by atoms with van der Waals surface area (Å²) in [5, 5.41) is 1.03. The van der Waals surface area contributed by atoms with Gasteiger partial charge in [-0.2, -0.15) is 0 Å². The molecule has 2 aromatic heterocycles. The van der Waals surface area contributed by atoms with Gasteiger partial charge in [0.05, 0.1) is 13.5 Å². The van der Waals surface area contributed by atoms with Crippen LogP contribution in [0.4, 0.5) is 0 Å². The van der Waals surface area contributed by atoms with E-state index in [1.807, 2.05) is 42.6 Å². The van der Waals surface area contributed by atoms with Gasteiger partial charge in [0.2, 0.25) is 0 Å². The average molecular weight is 453 g/mol. The summed E-state index contributed by atoms with van der Waals surface area (Å²) in [6.07, 6.45) is 11.3. The number of ketones is 2. The lowest BCUT2D eigenvalue weighted by atomic mass is 10.1. The van der Waals surface area contributed by atoms with Crippen molar-refractivity contribution in [2.24, 2.45) is 0 Å². The van der Waals surface area contributed by atoms with Crippen LogP contribution >= 0.6 is 0 Å². The van der Waals surface area contributed by atoms with Crippen molar-refractivity contribution >= 4 is 34.6 Å². The first-order valence-electron chi connectivity index (χ1n) is 10.8. The lowest BCUT2D eigenvalue weighted by Crippen LogP contribution is -2.02. The molecule has 2 aromatic carbocycles. The van der Waals surface area contributed by atoms with Crippen molar-refractivity contribution in [3.63, 3.8) is 0 Å². The number of methoxy groups -OCH3 is 1. The standard InChI is InChI=1S/C28H24N2O4/c1-33-28-17-25(34-19-20-4-3-14-29-18-20)12-9-22(28)8-11-24(32)16-23(31)10-7-21-5-2-6-27-26(21)13-15-30-27/h2-15,17-18,30H,16,19H2,1H3. The number of aromatic amines is 1. The number of rotatable bonds is 10. The Morgan fingerprint density at radius 1 is 0.971 bits per heavy atom. The highest BCUT2D eigenvalue weighted by Gasteiger charge is 2.07. The summed E-state index contributed by atoms with van der Waals surface area (Å²) in [7, 11) is 1.55. The van der Waals surface area contributed by atoms with Crippen LogP contribution in [0, 0.1) is 0 Å². The number of allylic oxidation sites excluding steroid dienone is 2. The third kappa shape index (κ3) is 5.86. The van der Waals surface area contributed by atoms with Crippen LogP contribution in [0.5, 0.6) is 11.5 Å². The number of ether oxygens (including phenoxy) is 2. The average Bonchev–Trinajstić information content (AvgIpc) is 3.35. The monoisotopic (exact) mass is 452 g/mol. The van der Waals surface area contributed by atoms with Crippen LogP contribution in [0.2, 0.25) is 0 Å². The second kappa shape index (κ2) is 10.9. The van der Waals surface area contributed by atoms with Gasteiger partial charge in [-0.1, -0.05) is 24.3 Å². The molecule has 4 rings (SSSR count). The zero-order valence-electron chi connectivity index (χ0n) is 18.7. The Hall–Kier alpha value is -4.45. The lowest BCUT2D eigenvalue weighted by Gasteiger charge is -2.10. The number of hydrogen-bond donors (Lipinski definition) is 1. The maximum absolute atomic E-state index is 12.3. The molecular weight excluding hydrogens is 428 g/mol. The molecule has 1 N–H and O–H groups in total. The highest BCUT2D eigenvalue weighted by molar-refractivity contribution is 6.11. The third-order valence-corrected chi connectivity index (χ3v) is 5.21. The van der Waals surface area contributed by atoms with Crippen LogP contribution in [0.15, 0.2) is 85.3 Å². The van der Waals surface area contributed by atoms with Gasteiger partial charge in [-0.25, -0.2) is 0 Å². The summed E-state index contributed by atoms with van der Waals surface area (Å²) in [6.45, 7) is 0.388. The molecule has 0 unspecified atom stereocenters. The van der Waals surface area contributed by atoms with Crippen molar-refractivity contribution in [1.82, 2.24) is 9.97 Å². The van der Waals surface area contributed by atoms with Crippen LogP contribution < -0.4 is 9.47 Å². The van der Waals surface area contributed by atoms with Gasteiger partial charge in [0.25, 0.3) is 0 Å². The van der Waals surface area contributed by atoms with Gasteiger partial charge in [0.1, 0.15) is 18.1 Å². The summed E-state index contributed by atoms with van der Waals surface area (Å²) in [5.74, 6) is 0.669. The van der Waals surface area contributed by atoms with Crippen LogP contribution in [0.3, 0.4) is 0 Å². The fourth-order valence-corrected chi connectivity index (χ4v) is 3.48. The Bertz CT molecular complexity index is 1350. The number of nitrogens with zero attached hydrogens (tertiary/aromatic N) is 1. The Morgan fingerprint density at radius 3 is 2.56 bits per heavy atom. The normalized spacial score (nSPS) is 11.3. The van der Waals surface area contributed by atoms with Gasteiger partial charge >= 0.3 is 0 Å². The highest BCUT2D eigenvalue weighted by atomic mass is 16.5. The maximum atomic E-state index is 12.3. The van der Waals surface area contributed by atoms with Crippen LogP contribution in [-0.4, -0.2) is 28.6 Å². The van der Waals surface area contributed by atoms with Crippen LogP contribution in [0.25, 0.3) is 23.1 Å². The van der Waals surface area contributed by atoms with E-state index < -0.39 is 0 Å². The molecule has 0 amide bonds. The minimum atomic E-state index is -0.284. The number of pyridine rings is 1. The first-order valence-corrected chi connectivity index (χ1v) is 10.8. The van der Waals surface area contributed by atoms with Gasteiger partial charge in [-0.05, 0) is 54.1 Å². The first-order chi connectivity index (χ1) is 16.6. The second-order valence-electron chi connectivity index (χ2n) is 7.62. The molecule has 0 saturated carbocycles. The van der Waals surface area contributed by atoms with Crippen molar-refractivity contribution in [3.8, 4) is 11.5 Å². The van der Waals surface area contributed by atoms with Crippen molar-refractivity contribution in [2.75, 3.05) is 7.11 Å². The quantitative estimate of drug-likeness (QED) is 0.257. The molecule has 0 saturated heterocycles. The summed E-state index contributed by atoms with van der Waals surface area (Å²) >= 11 is 0. The van der Waals surface area contributed by atoms with E-state index in [9.17, 15) is 9.59 Å². The van der Waals surface area contributed by atoms with E-state index in [1.54, 1.807) is 49.9 Å². The highest BCUT2D eigenvalue weighted by Crippen LogP contribution is 2.26. The zero-order valence-corrected chi connectivity index (χ0v) is 18.7. The second-order valence-corrected chi connectivity index (χ2v) is 7.62. The smallest absolute Gasteiger partial charge is 0.163 e. The largest absolute Gasteiger partial charge is 0.496 e. The number of H-pyrrole nitrogens is 1. The molecule has 0 radical (unpaired) electrons. The number of nitrogens with one attached hydrogen (secondary N) is 1. The predicted molar refractivity (Wildman–Crippen MR) is 133 cm³/mol. The summed E-state index contributed by atoms with van der Waals surface area (Å²) in [6, 6.07) is 16.9. The molecular formula is C28H24N2O4. The molecule has 0 fully saturated rings. The zero-order chi connectivity index (χ0) is 23.8. The van der Waals surface area contributed by atoms with E-state index in [0.717, 1.165) is 22.0 Å². The topological polar surface area (TPSA) is 81.3 Å². The summed E-state index contributed by atoms with van der Waals surface area (Å²) < 4.78 is 11.2. The van der Waals surface area contributed by atoms with Gasteiger partial charge in [0.15, 0.2) is 11.6 Å². The maximum Gasteiger partial charge on any atom is 0.163 e. The third-order valence-electron chi connectivity index (χ3n) is 5.21. The van der Waals surface area contributed by atoms with Crippen molar-refractivity contribution in [3.05, 3.63) is 102 Å².